The molecule has 0 aromatic heterocycles. The van der Waals surface area contributed by atoms with Gasteiger partial charge in [-0.1, -0.05) is 30.3 Å². The SMILES string of the molecule is COc1cc2c(cc1OC)[C@H](c1ccccc1)C1=C(COC1=O)N2. The molecule has 1 N–H and O–H groups in total. The Kier molecular flexibility index (Phi) is 3.41. The van der Waals surface area contributed by atoms with Crippen LogP contribution in [0.4, 0.5) is 5.69 Å². The Morgan fingerprint density at radius 3 is 2.50 bits per heavy atom. The van der Waals surface area contributed by atoms with Crippen LogP contribution in [0.3, 0.4) is 0 Å². The number of benzene rings is 2. The zero-order valence-corrected chi connectivity index (χ0v) is 13.5. The van der Waals surface area contributed by atoms with E-state index < -0.39 is 0 Å². The first-order valence-electron chi connectivity index (χ1n) is 7.71. The zero-order chi connectivity index (χ0) is 16.7. The number of carbonyl (C=O) groups is 1. The molecule has 0 spiro atoms. The topological polar surface area (TPSA) is 56.8 Å². The molecule has 0 fully saturated rings. The molecule has 0 saturated carbocycles. The van der Waals surface area contributed by atoms with Crippen LogP contribution < -0.4 is 14.8 Å². The molecule has 0 unspecified atom stereocenters. The Balaban J connectivity index is 1.94. The van der Waals surface area contributed by atoms with E-state index in [-0.39, 0.29) is 18.5 Å². The lowest BCUT2D eigenvalue weighted by Crippen LogP contribution is -2.20. The van der Waals surface area contributed by atoms with Gasteiger partial charge in [-0.15, -0.1) is 0 Å². The molecule has 5 nitrogen and oxygen atoms in total. The first-order chi connectivity index (χ1) is 11.7. The minimum atomic E-state index is -0.271. The predicted molar refractivity (Wildman–Crippen MR) is 89.4 cm³/mol. The third-order valence-corrected chi connectivity index (χ3v) is 4.47. The highest BCUT2D eigenvalue weighted by Gasteiger charge is 2.38. The van der Waals surface area contributed by atoms with Crippen LogP contribution in [0.2, 0.25) is 0 Å². The molecule has 0 amide bonds. The molecule has 24 heavy (non-hydrogen) atoms. The van der Waals surface area contributed by atoms with Gasteiger partial charge < -0.3 is 19.5 Å². The number of rotatable bonds is 3. The molecular formula is C19H17NO4. The van der Waals surface area contributed by atoms with Gasteiger partial charge in [0.05, 0.1) is 25.5 Å². The Morgan fingerprint density at radius 2 is 1.79 bits per heavy atom. The summed E-state index contributed by atoms with van der Waals surface area (Å²) in [5, 5.41) is 3.31. The summed E-state index contributed by atoms with van der Waals surface area (Å²) < 4.78 is 16.1. The van der Waals surface area contributed by atoms with E-state index in [0.717, 1.165) is 22.5 Å². The summed E-state index contributed by atoms with van der Waals surface area (Å²) in [4.78, 5) is 12.3. The number of cyclic esters (lactones) is 1. The van der Waals surface area contributed by atoms with Crippen molar-refractivity contribution < 1.29 is 19.0 Å². The molecule has 0 radical (unpaired) electrons. The smallest absolute Gasteiger partial charge is 0.337 e. The van der Waals surface area contributed by atoms with Crippen molar-refractivity contribution in [1.29, 1.82) is 0 Å². The van der Waals surface area contributed by atoms with Crippen molar-refractivity contribution in [1.82, 2.24) is 0 Å². The normalized spacial score (nSPS) is 18.4. The van der Waals surface area contributed by atoms with Crippen LogP contribution in [0, 0.1) is 0 Å². The van der Waals surface area contributed by atoms with Crippen molar-refractivity contribution >= 4 is 11.7 Å². The van der Waals surface area contributed by atoms with E-state index >= 15 is 0 Å². The maximum atomic E-state index is 12.3. The molecule has 4 rings (SSSR count). The van der Waals surface area contributed by atoms with E-state index in [2.05, 4.69) is 5.32 Å². The van der Waals surface area contributed by atoms with Gasteiger partial charge in [0.1, 0.15) is 6.61 Å². The lowest BCUT2D eigenvalue weighted by atomic mass is 9.81. The number of nitrogens with one attached hydrogen (secondary N) is 1. The maximum Gasteiger partial charge on any atom is 0.337 e. The summed E-state index contributed by atoms with van der Waals surface area (Å²) in [6.45, 7) is 0.269. The highest BCUT2D eigenvalue weighted by atomic mass is 16.5. The standard InChI is InChI=1S/C19H17NO4/c1-22-15-8-12-13(9-16(15)23-2)20-14-10-24-19(21)18(14)17(12)11-6-4-3-5-7-11/h3-9,17,20H,10H2,1-2H3/t17-/m0/s1. The fourth-order valence-corrected chi connectivity index (χ4v) is 3.36. The van der Waals surface area contributed by atoms with Crippen molar-refractivity contribution in [2.24, 2.45) is 0 Å². The molecule has 2 aliphatic heterocycles. The van der Waals surface area contributed by atoms with Crippen LogP contribution in [0.15, 0.2) is 53.7 Å². The largest absolute Gasteiger partial charge is 0.493 e. The molecule has 2 heterocycles. The van der Waals surface area contributed by atoms with Crippen molar-refractivity contribution in [3.05, 3.63) is 64.9 Å². The molecule has 2 aromatic rings. The van der Waals surface area contributed by atoms with Crippen LogP contribution in [0.25, 0.3) is 0 Å². The average molecular weight is 323 g/mol. The first kappa shape index (κ1) is 14.6. The molecule has 0 saturated heterocycles. The summed E-state index contributed by atoms with van der Waals surface area (Å²) in [6, 6.07) is 13.8. The number of ether oxygens (including phenoxy) is 3. The van der Waals surface area contributed by atoms with Crippen LogP contribution in [0.1, 0.15) is 17.0 Å². The minimum absolute atomic E-state index is 0.188. The number of fused-ring (bicyclic) bond motifs is 1. The van der Waals surface area contributed by atoms with Gasteiger partial charge in [-0.2, -0.15) is 0 Å². The Morgan fingerprint density at radius 1 is 1.08 bits per heavy atom. The summed E-state index contributed by atoms with van der Waals surface area (Å²) in [5.41, 5.74) is 4.39. The number of methoxy groups -OCH3 is 2. The Labute approximate surface area is 139 Å². The fraction of sp³-hybridized carbons (Fsp3) is 0.211. The highest BCUT2D eigenvalue weighted by Crippen LogP contribution is 2.47. The first-order valence-corrected chi connectivity index (χ1v) is 7.71. The van der Waals surface area contributed by atoms with E-state index in [9.17, 15) is 4.79 Å². The second-order valence-electron chi connectivity index (χ2n) is 5.73. The van der Waals surface area contributed by atoms with Crippen LogP contribution in [0.5, 0.6) is 11.5 Å². The van der Waals surface area contributed by atoms with Crippen LogP contribution >= 0.6 is 0 Å². The molecule has 0 bridgehead atoms. The lowest BCUT2D eigenvalue weighted by Gasteiger charge is -2.28. The summed E-state index contributed by atoms with van der Waals surface area (Å²) >= 11 is 0. The van der Waals surface area contributed by atoms with Gasteiger partial charge in [-0.05, 0) is 17.2 Å². The minimum Gasteiger partial charge on any atom is -0.493 e. The molecular weight excluding hydrogens is 306 g/mol. The van der Waals surface area contributed by atoms with Gasteiger partial charge in [0.2, 0.25) is 0 Å². The van der Waals surface area contributed by atoms with Crippen molar-refractivity contribution in [2.45, 2.75) is 5.92 Å². The van der Waals surface area contributed by atoms with Crippen LogP contribution in [-0.2, 0) is 9.53 Å². The van der Waals surface area contributed by atoms with Crippen molar-refractivity contribution in [2.75, 3.05) is 26.1 Å². The molecule has 1 atom stereocenters. The van der Waals surface area contributed by atoms with E-state index in [1.165, 1.54) is 0 Å². The number of hydrogen-bond donors (Lipinski definition) is 1. The van der Waals surface area contributed by atoms with Crippen molar-refractivity contribution in [3.63, 3.8) is 0 Å². The van der Waals surface area contributed by atoms with Crippen molar-refractivity contribution in [3.8, 4) is 11.5 Å². The predicted octanol–water partition coefficient (Wildman–Crippen LogP) is 3.07. The van der Waals surface area contributed by atoms with E-state index in [1.807, 2.05) is 42.5 Å². The monoisotopic (exact) mass is 323 g/mol. The average Bonchev–Trinajstić information content (AvgIpc) is 2.99. The third-order valence-electron chi connectivity index (χ3n) is 4.47. The summed E-state index contributed by atoms with van der Waals surface area (Å²) in [6.07, 6.45) is 0. The van der Waals surface area contributed by atoms with Gasteiger partial charge in [0.25, 0.3) is 0 Å². The number of esters is 1. The summed E-state index contributed by atoms with van der Waals surface area (Å²) in [5.74, 6) is 0.818. The Bertz CT molecular complexity index is 842. The maximum absolute atomic E-state index is 12.3. The lowest BCUT2D eigenvalue weighted by molar-refractivity contribution is -0.136. The molecule has 122 valence electrons. The van der Waals surface area contributed by atoms with Crippen LogP contribution in [-0.4, -0.2) is 26.8 Å². The molecule has 5 heteroatoms. The zero-order valence-electron chi connectivity index (χ0n) is 13.5. The van der Waals surface area contributed by atoms with E-state index in [0.29, 0.717) is 17.1 Å². The Hall–Kier alpha value is -2.95. The second-order valence-corrected chi connectivity index (χ2v) is 5.73. The van der Waals surface area contributed by atoms with E-state index in [4.69, 9.17) is 14.2 Å². The highest BCUT2D eigenvalue weighted by molar-refractivity contribution is 5.97. The molecule has 0 aliphatic carbocycles. The van der Waals surface area contributed by atoms with Gasteiger partial charge in [0.15, 0.2) is 11.5 Å². The summed E-state index contributed by atoms with van der Waals surface area (Å²) in [7, 11) is 3.21. The molecule has 2 aliphatic rings. The number of anilines is 1. The van der Waals surface area contributed by atoms with Gasteiger partial charge >= 0.3 is 5.97 Å². The van der Waals surface area contributed by atoms with E-state index in [1.54, 1.807) is 14.2 Å². The number of carbonyl (C=O) groups excluding carboxylic acids is 1. The third kappa shape index (κ3) is 2.12. The number of hydrogen-bond acceptors (Lipinski definition) is 5. The fourth-order valence-electron chi connectivity index (χ4n) is 3.36. The quantitative estimate of drug-likeness (QED) is 0.880. The molecule has 2 aromatic carbocycles. The second kappa shape index (κ2) is 5.60. The van der Waals surface area contributed by atoms with Gasteiger partial charge in [-0.3, -0.25) is 0 Å². The van der Waals surface area contributed by atoms with Gasteiger partial charge in [-0.25, -0.2) is 4.79 Å². The van der Waals surface area contributed by atoms with Gasteiger partial charge in [0, 0.05) is 17.7 Å².